The SMILES string of the molecule is CCNCC1(Cc2ccoc2)CCOC1C1CC1. The van der Waals surface area contributed by atoms with Crippen LogP contribution in [0.4, 0.5) is 0 Å². The molecule has 3 nitrogen and oxygen atoms in total. The van der Waals surface area contributed by atoms with Crippen molar-refractivity contribution < 1.29 is 9.15 Å². The van der Waals surface area contributed by atoms with Gasteiger partial charge in [0.15, 0.2) is 0 Å². The second kappa shape index (κ2) is 5.06. The Labute approximate surface area is 109 Å². The quantitative estimate of drug-likeness (QED) is 0.841. The molecule has 1 aliphatic heterocycles. The molecular formula is C15H23NO2. The van der Waals surface area contributed by atoms with Gasteiger partial charge in [-0.05, 0) is 49.8 Å². The van der Waals surface area contributed by atoms with Crippen molar-refractivity contribution in [2.75, 3.05) is 19.7 Å². The minimum atomic E-state index is 0.279. The van der Waals surface area contributed by atoms with Crippen molar-refractivity contribution in [2.24, 2.45) is 11.3 Å². The molecule has 0 aromatic carbocycles. The fourth-order valence-electron chi connectivity index (χ4n) is 3.36. The predicted molar refractivity (Wildman–Crippen MR) is 70.5 cm³/mol. The molecule has 1 saturated heterocycles. The van der Waals surface area contributed by atoms with Crippen LogP contribution in [0.15, 0.2) is 23.0 Å². The third-order valence-electron chi connectivity index (χ3n) is 4.41. The molecule has 1 aromatic rings. The zero-order valence-electron chi connectivity index (χ0n) is 11.2. The first-order valence-electron chi connectivity index (χ1n) is 7.17. The van der Waals surface area contributed by atoms with Crippen LogP contribution in [0.5, 0.6) is 0 Å². The Morgan fingerprint density at radius 3 is 3.00 bits per heavy atom. The molecule has 0 radical (unpaired) electrons. The minimum Gasteiger partial charge on any atom is -0.472 e. The largest absolute Gasteiger partial charge is 0.472 e. The van der Waals surface area contributed by atoms with Crippen LogP contribution in [0.25, 0.3) is 0 Å². The van der Waals surface area contributed by atoms with Crippen molar-refractivity contribution in [2.45, 2.75) is 38.7 Å². The molecule has 3 rings (SSSR count). The van der Waals surface area contributed by atoms with E-state index in [-0.39, 0.29) is 5.41 Å². The summed E-state index contributed by atoms with van der Waals surface area (Å²) in [5, 5.41) is 3.55. The molecule has 18 heavy (non-hydrogen) atoms. The Bertz CT molecular complexity index is 372. The Morgan fingerprint density at radius 2 is 2.33 bits per heavy atom. The van der Waals surface area contributed by atoms with Gasteiger partial charge in [0.05, 0.1) is 18.6 Å². The lowest BCUT2D eigenvalue weighted by atomic mass is 9.74. The van der Waals surface area contributed by atoms with Gasteiger partial charge in [0.1, 0.15) is 0 Å². The molecule has 2 aliphatic rings. The van der Waals surface area contributed by atoms with E-state index in [1.54, 1.807) is 6.26 Å². The van der Waals surface area contributed by atoms with Gasteiger partial charge in [-0.15, -0.1) is 0 Å². The van der Waals surface area contributed by atoms with Crippen LogP contribution in [0.3, 0.4) is 0 Å². The Hall–Kier alpha value is -0.800. The van der Waals surface area contributed by atoms with Gasteiger partial charge in [-0.2, -0.15) is 0 Å². The highest BCUT2D eigenvalue weighted by atomic mass is 16.5. The van der Waals surface area contributed by atoms with Gasteiger partial charge in [-0.3, -0.25) is 0 Å². The molecule has 3 heteroatoms. The summed E-state index contributed by atoms with van der Waals surface area (Å²) >= 11 is 0. The number of rotatable bonds is 6. The summed E-state index contributed by atoms with van der Waals surface area (Å²) in [5.74, 6) is 0.804. The molecule has 1 aromatic heterocycles. The van der Waals surface area contributed by atoms with Crippen LogP contribution in [0.1, 0.15) is 31.7 Å². The number of ether oxygens (including phenoxy) is 1. The van der Waals surface area contributed by atoms with E-state index < -0.39 is 0 Å². The van der Waals surface area contributed by atoms with Gasteiger partial charge in [0.2, 0.25) is 0 Å². The fourth-order valence-corrected chi connectivity index (χ4v) is 3.36. The molecule has 1 aliphatic carbocycles. The van der Waals surface area contributed by atoms with E-state index in [0.717, 1.165) is 32.0 Å². The van der Waals surface area contributed by atoms with Gasteiger partial charge in [0, 0.05) is 18.6 Å². The third kappa shape index (κ3) is 2.34. The first-order valence-corrected chi connectivity index (χ1v) is 7.17. The molecule has 0 amide bonds. The summed E-state index contributed by atoms with van der Waals surface area (Å²) in [4.78, 5) is 0. The van der Waals surface area contributed by atoms with Gasteiger partial charge in [-0.1, -0.05) is 6.92 Å². The molecule has 2 unspecified atom stereocenters. The second-order valence-electron chi connectivity index (χ2n) is 5.83. The number of hydrogen-bond donors (Lipinski definition) is 1. The number of hydrogen-bond acceptors (Lipinski definition) is 3. The lowest BCUT2D eigenvalue weighted by Crippen LogP contribution is -2.43. The summed E-state index contributed by atoms with van der Waals surface area (Å²) in [7, 11) is 0. The van der Waals surface area contributed by atoms with E-state index in [4.69, 9.17) is 9.15 Å². The van der Waals surface area contributed by atoms with E-state index in [1.807, 2.05) is 6.26 Å². The van der Waals surface area contributed by atoms with Crippen LogP contribution in [-0.2, 0) is 11.2 Å². The molecular weight excluding hydrogens is 226 g/mol. The maximum Gasteiger partial charge on any atom is 0.0934 e. The molecule has 2 fully saturated rings. The van der Waals surface area contributed by atoms with Gasteiger partial charge in [-0.25, -0.2) is 0 Å². The Balaban J connectivity index is 1.77. The molecule has 2 atom stereocenters. The first kappa shape index (κ1) is 12.2. The van der Waals surface area contributed by atoms with Gasteiger partial charge in [0.25, 0.3) is 0 Å². The lowest BCUT2D eigenvalue weighted by molar-refractivity contribution is 0.0308. The van der Waals surface area contributed by atoms with Crippen LogP contribution in [0.2, 0.25) is 0 Å². The smallest absolute Gasteiger partial charge is 0.0934 e. The lowest BCUT2D eigenvalue weighted by Gasteiger charge is -2.34. The maximum absolute atomic E-state index is 6.07. The summed E-state index contributed by atoms with van der Waals surface area (Å²) in [6.45, 7) is 5.19. The van der Waals surface area contributed by atoms with E-state index in [1.165, 1.54) is 24.8 Å². The molecule has 2 heterocycles. The standard InChI is InChI=1S/C15H23NO2/c1-2-16-11-15(9-12-5-7-17-10-12)6-8-18-14(15)13-3-4-13/h5,7,10,13-14,16H,2-4,6,8-9,11H2,1H3. The average Bonchev–Trinajstić information content (AvgIpc) is 2.94. The highest BCUT2D eigenvalue weighted by molar-refractivity contribution is 5.13. The van der Waals surface area contributed by atoms with E-state index in [0.29, 0.717) is 6.10 Å². The third-order valence-corrected chi connectivity index (χ3v) is 4.41. The summed E-state index contributed by atoms with van der Waals surface area (Å²) in [5.41, 5.74) is 1.59. The van der Waals surface area contributed by atoms with Crippen LogP contribution in [0, 0.1) is 11.3 Å². The topological polar surface area (TPSA) is 34.4 Å². The van der Waals surface area contributed by atoms with Crippen molar-refractivity contribution in [1.29, 1.82) is 0 Å². The summed E-state index contributed by atoms with van der Waals surface area (Å²) in [6, 6.07) is 2.09. The number of nitrogens with one attached hydrogen (secondary N) is 1. The highest BCUT2D eigenvalue weighted by Crippen LogP contribution is 2.49. The van der Waals surface area contributed by atoms with Crippen molar-refractivity contribution in [1.82, 2.24) is 5.32 Å². The van der Waals surface area contributed by atoms with Crippen molar-refractivity contribution in [3.8, 4) is 0 Å². The molecule has 1 N–H and O–H groups in total. The zero-order chi connectivity index (χ0) is 12.4. The molecule has 1 saturated carbocycles. The number of furan rings is 1. The van der Waals surface area contributed by atoms with Gasteiger partial charge >= 0.3 is 0 Å². The monoisotopic (exact) mass is 249 g/mol. The van der Waals surface area contributed by atoms with Gasteiger partial charge < -0.3 is 14.5 Å². The second-order valence-corrected chi connectivity index (χ2v) is 5.83. The van der Waals surface area contributed by atoms with E-state index >= 15 is 0 Å². The molecule has 0 spiro atoms. The predicted octanol–water partition coefficient (Wildman–Crippen LogP) is 2.62. The highest BCUT2D eigenvalue weighted by Gasteiger charge is 2.50. The fraction of sp³-hybridized carbons (Fsp3) is 0.733. The average molecular weight is 249 g/mol. The van der Waals surface area contributed by atoms with E-state index in [9.17, 15) is 0 Å². The molecule has 0 bridgehead atoms. The summed E-state index contributed by atoms with van der Waals surface area (Å²) in [6.07, 6.45) is 9.07. The zero-order valence-corrected chi connectivity index (χ0v) is 11.2. The van der Waals surface area contributed by atoms with Crippen LogP contribution in [-0.4, -0.2) is 25.8 Å². The van der Waals surface area contributed by atoms with Crippen molar-refractivity contribution >= 4 is 0 Å². The van der Waals surface area contributed by atoms with Crippen LogP contribution < -0.4 is 5.32 Å². The maximum atomic E-state index is 6.07. The normalized spacial score (nSPS) is 31.9. The van der Waals surface area contributed by atoms with Crippen molar-refractivity contribution in [3.63, 3.8) is 0 Å². The van der Waals surface area contributed by atoms with Crippen molar-refractivity contribution in [3.05, 3.63) is 24.2 Å². The Morgan fingerprint density at radius 1 is 1.44 bits per heavy atom. The van der Waals surface area contributed by atoms with E-state index in [2.05, 4.69) is 18.3 Å². The first-order chi connectivity index (χ1) is 8.84. The Kier molecular flexibility index (Phi) is 3.44. The minimum absolute atomic E-state index is 0.279. The van der Waals surface area contributed by atoms with Crippen LogP contribution >= 0.6 is 0 Å². The molecule has 100 valence electrons. The summed E-state index contributed by atoms with van der Waals surface area (Å²) < 4.78 is 11.3.